The first-order valence-corrected chi connectivity index (χ1v) is 5.99. The minimum absolute atomic E-state index is 0.264. The van der Waals surface area contributed by atoms with E-state index in [0.717, 1.165) is 12.8 Å². The van der Waals surface area contributed by atoms with Gasteiger partial charge in [0, 0.05) is 23.6 Å². The van der Waals surface area contributed by atoms with Crippen LogP contribution in [0.3, 0.4) is 0 Å². The molecule has 2 N–H and O–H groups in total. The van der Waals surface area contributed by atoms with Gasteiger partial charge in [0.1, 0.15) is 0 Å². The molecule has 1 heterocycles. The van der Waals surface area contributed by atoms with Crippen molar-refractivity contribution in [1.29, 1.82) is 0 Å². The van der Waals surface area contributed by atoms with Crippen molar-refractivity contribution in [2.24, 2.45) is 0 Å². The molecule has 3 heteroatoms. The summed E-state index contributed by atoms with van der Waals surface area (Å²) in [5, 5.41) is 14.3. The summed E-state index contributed by atoms with van der Waals surface area (Å²) in [5.74, 6) is 0. The lowest BCUT2D eigenvalue weighted by atomic mass is 10.1. The molecule has 0 fully saturated rings. The molecular weight excluding hydrogens is 194 g/mol. The molecule has 0 saturated heterocycles. The van der Waals surface area contributed by atoms with E-state index in [1.54, 1.807) is 11.3 Å². The standard InChI is InChI=1S/C11H19NOS/c1-9(5-6-13)12-10(2)8-11-4-3-7-14-11/h3-4,7,9-10,12-13H,5-6,8H2,1-2H3/t9-,10?/m1/s1. The van der Waals surface area contributed by atoms with Crippen LogP contribution in [0, 0.1) is 0 Å². The number of aliphatic hydroxyl groups is 1. The maximum absolute atomic E-state index is 8.77. The van der Waals surface area contributed by atoms with Gasteiger partial charge in [-0.3, -0.25) is 0 Å². The number of thiophene rings is 1. The highest BCUT2D eigenvalue weighted by Gasteiger charge is 2.07. The molecular formula is C11H19NOS. The van der Waals surface area contributed by atoms with E-state index in [2.05, 4.69) is 36.7 Å². The number of nitrogens with one attached hydrogen (secondary N) is 1. The van der Waals surface area contributed by atoms with E-state index in [4.69, 9.17) is 5.11 Å². The van der Waals surface area contributed by atoms with Crippen molar-refractivity contribution in [1.82, 2.24) is 5.32 Å². The van der Waals surface area contributed by atoms with Crippen LogP contribution in [-0.2, 0) is 6.42 Å². The molecule has 1 aromatic rings. The zero-order valence-corrected chi connectivity index (χ0v) is 9.68. The molecule has 1 unspecified atom stereocenters. The highest BCUT2D eigenvalue weighted by Crippen LogP contribution is 2.11. The Kier molecular flexibility index (Phi) is 5.15. The number of hydrogen-bond donors (Lipinski definition) is 2. The average Bonchev–Trinajstić information content (AvgIpc) is 2.56. The predicted octanol–water partition coefficient (Wildman–Crippen LogP) is 2.04. The van der Waals surface area contributed by atoms with E-state index in [1.165, 1.54) is 4.88 Å². The molecule has 14 heavy (non-hydrogen) atoms. The summed E-state index contributed by atoms with van der Waals surface area (Å²) in [4.78, 5) is 1.42. The molecule has 0 amide bonds. The van der Waals surface area contributed by atoms with Crippen molar-refractivity contribution < 1.29 is 5.11 Å². The lowest BCUT2D eigenvalue weighted by molar-refractivity contribution is 0.264. The second kappa shape index (κ2) is 6.17. The smallest absolute Gasteiger partial charge is 0.0445 e. The Morgan fingerprint density at radius 3 is 2.79 bits per heavy atom. The minimum atomic E-state index is 0.264. The quantitative estimate of drug-likeness (QED) is 0.758. The van der Waals surface area contributed by atoms with E-state index in [-0.39, 0.29) is 6.61 Å². The molecule has 0 bridgehead atoms. The van der Waals surface area contributed by atoms with Crippen molar-refractivity contribution in [2.45, 2.75) is 38.8 Å². The lowest BCUT2D eigenvalue weighted by Crippen LogP contribution is -2.36. The van der Waals surface area contributed by atoms with E-state index in [0.29, 0.717) is 12.1 Å². The van der Waals surface area contributed by atoms with Gasteiger partial charge in [-0.15, -0.1) is 11.3 Å². The summed E-state index contributed by atoms with van der Waals surface area (Å²) in [7, 11) is 0. The normalized spacial score (nSPS) is 15.4. The Labute approximate surface area is 90.0 Å². The highest BCUT2D eigenvalue weighted by molar-refractivity contribution is 7.09. The van der Waals surface area contributed by atoms with Gasteiger partial charge in [-0.05, 0) is 38.1 Å². The van der Waals surface area contributed by atoms with Gasteiger partial charge in [-0.1, -0.05) is 6.07 Å². The average molecular weight is 213 g/mol. The van der Waals surface area contributed by atoms with Gasteiger partial charge < -0.3 is 10.4 Å². The van der Waals surface area contributed by atoms with Crippen LogP contribution in [0.15, 0.2) is 17.5 Å². The summed E-state index contributed by atoms with van der Waals surface area (Å²) >= 11 is 1.80. The van der Waals surface area contributed by atoms with Gasteiger partial charge in [0.05, 0.1) is 0 Å². The van der Waals surface area contributed by atoms with Crippen LogP contribution in [0.25, 0.3) is 0 Å². The van der Waals surface area contributed by atoms with E-state index >= 15 is 0 Å². The topological polar surface area (TPSA) is 32.3 Å². The van der Waals surface area contributed by atoms with Crippen molar-refractivity contribution in [3.05, 3.63) is 22.4 Å². The van der Waals surface area contributed by atoms with Crippen LogP contribution in [0.4, 0.5) is 0 Å². The molecule has 1 rings (SSSR count). The number of aliphatic hydroxyl groups excluding tert-OH is 1. The molecule has 0 saturated carbocycles. The van der Waals surface area contributed by atoms with Crippen molar-refractivity contribution in [3.8, 4) is 0 Å². The SMILES string of the molecule is CC(Cc1cccs1)N[C@H](C)CCO. The van der Waals surface area contributed by atoms with Crippen LogP contribution in [-0.4, -0.2) is 23.8 Å². The molecule has 0 radical (unpaired) electrons. The number of hydrogen-bond acceptors (Lipinski definition) is 3. The Hall–Kier alpha value is -0.380. The fourth-order valence-electron chi connectivity index (χ4n) is 1.55. The van der Waals surface area contributed by atoms with Gasteiger partial charge >= 0.3 is 0 Å². The molecule has 80 valence electrons. The summed E-state index contributed by atoms with van der Waals surface area (Å²) in [6, 6.07) is 5.13. The second-order valence-corrected chi connectivity index (χ2v) is 4.80. The van der Waals surface area contributed by atoms with Gasteiger partial charge in [0.2, 0.25) is 0 Å². The van der Waals surface area contributed by atoms with Crippen LogP contribution in [0.1, 0.15) is 25.1 Å². The Bertz CT molecular complexity index is 235. The van der Waals surface area contributed by atoms with E-state index in [9.17, 15) is 0 Å². The second-order valence-electron chi connectivity index (χ2n) is 3.76. The van der Waals surface area contributed by atoms with Gasteiger partial charge in [0.15, 0.2) is 0 Å². The maximum Gasteiger partial charge on any atom is 0.0445 e. The first-order chi connectivity index (χ1) is 6.72. The van der Waals surface area contributed by atoms with Gasteiger partial charge in [0.25, 0.3) is 0 Å². The van der Waals surface area contributed by atoms with Crippen molar-refractivity contribution >= 4 is 11.3 Å². The third-order valence-corrected chi connectivity index (χ3v) is 3.12. The van der Waals surface area contributed by atoms with Crippen LogP contribution in [0.2, 0.25) is 0 Å². The molecule has 0 aliphatic carbocycles. The molecule has 0 spiro atoms. The Balaban J connectivity index is 2.25. The monoisotopic (exact) mass is 213 g/mol. The fourth-order valence-corrected chi connectivity index (χ4v) is 2.39. The highest BCUT2D eigenvalue weighted by atomic mass is 32.1. The summed E-state index contributed by atoms with van der Waals surface area (Å²) < 4.78 is 0. The summed E-state index contributed by atoms with van der Waals surface area (Å²) in [6.07, 6.45) is 1.90. The number of rotatable bonds is 6. The van der Waals surface area contributed by atoms with Gasteiger partial charge in [-0.25, -0.2) is 0 Å². The third kappa shape index (κ3) is 4.22. The molecule has 0 aliphatic rings. The lowest BCUT2D eigenvalue weighted by Gasteiger charge is -2.18. The van der Waals surface area contributed by atoms with Crippen molar-refractivity contribution in [2.75, 3.05) is 6.61 Å². The Morgan fingerprint density at radius 1 is 1.43 bits per heavy atom. The first kappa shape index (κ1) is 11.7. The maximum atomic E-state index is 8.77. The summed E-state index contributed by atoms with van der Waals surface area (Å²) in [6.45, 7) is 4.56. The van der Waals surface area contributed by atoms with E-state index < -0.39 is 0 Å². The first-order valence-electron chi connectivity index (χ1n) is 5.11. The third-order valence-electron chi connectivity index (χ3n) is 2.22. The van der Waals surface area contributed by atoms with Crippen LogP contribution in [0.5, 0.6) is 0 Å². The zero-order valence-electron chi connectivity index (χ0n) is 8.86. The van der Waals surface area contributed by atoms with Crippen molar-refractivity contribution in [3.63, 3.8) is 0 Å². The molecule has 2 nitrogen and oxygen atoms in total. The largest absolute Gasteiger partial charge is 0.396 e. The van der Waals surface area contributed by atoms with Crippen LogP contribution >= 0.6 is 11.3 Å². The molecule has 0 aliphatic heterocycles. The molecule has 2 atom stereocenters. The van der Waals surface area contributed by atoms with Gasteiger partial charge in [-0.2, -0.15) is 0 Å². The predicted molar refractivity (Wildman–Crippen MR) is 61.8 cm³/mol. The molecule has 1 aromatic heterocycles. The summed E-state index contributed by atoms with van der Waals surface area (Å²) in [5.41, 5.74) is 0. The molecule has 0 aromatic carbocycles. The zero-order chi connectivity index (χ0) is 10.4. The van der Waals surface area contributed by atoms with E-state index in [1.807, 2.05) is 0 Å². The minimum Gasteiger partial charge on any atom is -0.396 e. The Morgan fingerprint density at radius 2 is 2.21 bits per heavy atom. The van der Waals surface area contributed by atoms with Crippen LogP contribution < -0.4 is 5.32 Å². The fraction of sp³-hybridized carbons (Fsp3) is 0.636.